The molecule has 0 aromatic heterocycles. The van der Waals surface area contributed by atoms with E-state index < -0.39 is 42.6 Å². The Morgan fingerprint density at radius 3 is 2.42 bits per heavy atom. The Balaban J connectivity index is 2.06. The molecule has 1 amide bonds. The second kappa shape index (κ2) is 7.15. The van der Waals surface area contributed by atoms with Crippen molar-refractivity contribution in [2.75, 3.05) is 6.54 Å². The van der Waals surface area contributed by atoms with Gasteiger partial charge in [-0.25, -0.2) is 18.4 Å². The quantitative estimate of drug-likeness (QED) is 0.793. The van der Waals surface area contributed by atoms with Gasteiger partial charge in [0.05, 0.1) is 6.54 Å². The van der Waals surface area contributed by atoms with Crippen molar-refractivity contribution in [2.24, 2.45) is 0 Å². The van der Waals surface area contributed by atoms with Crippen molar-refractivity contribution >= 4 is 12.1 Å². The van der Waals surface area contributed by atoms with Gasteiger partial charge in [-0.15, -0.1) is 0 Å². The molecule has 5 nitrogen and oxygen atoms in total. The monoisotopic (exact) mass is 341 g/mol. The number of hydrogen-bond acceptors (Lipinski definition) is 4. The van der Waals surface area contributed by atoms with Crippen LogP contribution in [0, 0.1) is 0 Å². The average Bonchev–Trinajstić information content (AvgIpc) is 2.80. The minimum atomic E-state index is -2.14. The number of ether oxygens (including phenoxy) is 2. The first-order valence-corrected chi connectivity index (χ1v) is 7.67. The maximum Gasteiger partial charge on any atom is 0.411 e. The maximum absolute atomic E-state index is 14.1. The van der Waals surface area contributed by atoms with Crippen LogP contribution in [0.15, 0.2) is 30.3 Å². The van der Waals surface area contributed by atoms with Gasteiger partial charge in [-0.05, 0) is 26.3 Å². The summed E-state index contributed by atoms with van der Waals surface area (Å²) in [5, 5.41) is 0. The molecule has 0 aliphatic carbocycles. The normalized spacial score (nSPS) is 23.9. The van der Waals surface area contributed by atoms with Crippen LogP contribution in [-0.2, 0) is 20.9 Å². The smallest absolute Gasteiger partial charge is 0.411 e. The van der Waals surface area contributed by atoms with E-state index in [9.17, 15) is 18.4 Å². The number of alkyl halides is 2. The highest BCUT2D eigenvalue weighted by molar-refractivity contribution is 5.83. The molecule has 1 aromatic carbocycles. The zero-order chi connectivity index (χ0) is 17.9. The number of amides is 1. The molecule has 0 saturated carbocycles. The second-order valence-electron chi connectivity index (χ2n) is 6.63. The third-order valence-corrected chi connectivity index (χ3v) is 3.45. The van der Waals surface area contributed by atoms with Crippen LogP contribution in [0.1, 0.15) is 26.3 Å². The van der Waals surface area contributed by atoms with Gasteiger partial charge in [0.1, 0.15) is 12.2 Å². The first kappa shape index (κ1) is 18.2. The number of likely N-dealkylation sites (tertiary alicyclic amines) is 1. The fourth-order valence-electron chi connectivity index (χ4n) is 2.35. The predicted molar refractivity (Wildman–Crippen MR) is 82.8 cm³/mol. The van der Waals surface area contributed by atoms with E-state index in [4.69, 9.17) is 9.47 Å². The molecule has 7 heteroatoms. The molecule has 1 fully saturated rings. The predicted octanol–water partition coefficient (Wildman–Crippen LogP) is 3.03. The van der Waals surface area contributed by atoms with Crippen molar-refractivity contribution in [2.45, 2.75) is 51.4 Å². The Bertz CT molecular complexity index is 588. The van der Waals surface area contributed by atoms with Crippen LogP contribution in [0.5, 0.6) is 0 Å². The molecule has 0 radical (unpaired) electrons. The Hall–Kier alpha value is -2.18. The number of nitrogens with zero attached hydrogens (tertiary/aromatic N) is 1. The number of carbonyl (C=O) groups is 2. The van der Waals surface area contributed by atoms with Gasteiger partial charge in [-0.3, -0.25) is 4.90 Å². The van der Waals surface area contributed by atoms with Gasteiger partial charge in [0.25, 0.3) is 0 Å². The van der Waals surface area contributed by atoms with E-state index in [1.165, 1.54) is 0 Å². The highest BCUT2D eigenvalue weighted by Crippen LogP contribution is 2.27. The highest BCUT2D eigenvalue weighted by Gasteiger charge is 2.51. The number of halogens is 2. The summed E-state index contributed by atoms with van der Waals surface area (Å²) in [7, 11) is 0. The molecule has 1 aromatic rings. The summed E-state index contributed by atoms with van der Waals surface area (Å²) >= 11 is 0. The number of esters is 1. The third-order valence-electron chi connectivity index (χ3n) is 3.45. The van der Waals surface area contributed by atoms with Crippen LogP contribution in [0.2, 0.25) is 0 Å². The van der Waals surface area contributed by atoms with Crippen LogP contribution in [0.3, 0.4) is 0 Å². The zero-order valence-electron chi connectivity index (χ0n) is 13.9. The van der Waals surface area contributed by atoms with Crippen LogP contribution in [0.25, 0.3) is 0 Å². The topological polar surface area (TPSA) is 55.8 Å². The first-order chi connectivity index (χ1) is 11.2. The highest BCUT2D eigenvalue weighted by atomic mass is 19.2. The molecular weight excluding hydrogens is 320 g/mol. The van der Waals surface area contributed by atoms with E-state index in [0.29, 0.717) is 5.56 Å². The molecule has 1 aliphatic heterocycles. The minimum Gasteiger partial charge on any atom is -0.459 e. The molecule has 0 bridgehead atoms. The Morgan fingerprint density at radius 2 is 1.83 bits per heavy atom. The third kappa shape index (κ3) is 4.43. The Kier molecular flexibility index (Phi) is 5.41. The molecule has 1 aliphatic rings. The molecule has 2 rings (SSSR count). The molecule has 24 heavy (non-hydrogen) atoms. The number of benzene rings is 1. The second-order valence-corrected chi connectivity index (χ2v) is 6.63. The molecule has 0 N–H and O–H groups in total. The maximum atomic E-state index is 14.1. The van der Waals surface area contributed by atoms with Crippen molar-refractivity contribution in [3.63, 3.8) is 0 Å². The van der Waals surface area contributed by atoms with Crippen molar-refractivity contribution in [3.05, 3.63) is 35.9 Å². The summed E-state index contributed by atoms with van der Waals surface area (Å²) in [6.07, 6.45) is -5.03. The van der Waals surface area contributed by atoms with E-state index in [1.54, 1.807) is 51.1 Å². The van der Waals surface area contributed by atoms with Crippen molar-refractivity contribution in [3.8, 4) is 0 Å². The molecule has 0 spiro atoms. The van der Waals surface area contributed by atoms with Gasteiger partial charge < -0.3 is 9.47 Å². The number of carbonyl (C=O) groups excluding carboxylic acids is 2. The zero-order valence-corrected chi connectivity index (χ0v) is 13.9. The van der Waals surface area contributed by atoms with Gasteiger partial charge >= 0.3 is 12.1 Å². The molecule has 132 valence electrons. The number of rotatable bonds is 3. The fourth-order valence-corrected chi connectivity index (χ4v) is 2.35. The molecule has 3 atom stereocenters. The van der Waals surface area contributed by atoms with E-state index >= 15 is 0 Å². The van der Waals surface area contributed by atoms with Gasteiger partial charge in [0.2, 0.25) is 0 Å². The van der Waals surface area contributed by atoms with E-state index in [0.717, 1.165) is 4.90 Å². The van der Waals surface area contributed by atoms with E-state index in [2.05, 4.69) is 0 Å². The summed E-state index contributed by atoms with van der Waals surface area (Å²) in [5.74, 6) is -0.989. The lowest BCUT2D eigenvalue weighted by Crippen LogP contribution is -2.46. The number of hydrogen-bond donors (Lipinski definition) is 0. The van der Waals surface area contributed by atoms with Gasteiger partial charge in [-0.2, -0.15) is 0 Å². The lowest BCUT2D eigenvalue weighted by Gasteiger charge is -2.27. The lowest BCUT2D eigenvalue weighted by atomic mass is 10.2. The van der Waals surface area contributed by atoms with E-state index in [-0.39, 0.29) is 6.61 Å². The molecular formula is C17H21F2NO4. The van der Waals surface area contributed by atoms with Crippen LogP contribution in [0.4, 0.5) is 13.6 Å². The average molecular weight is 341 g/mol. The lowest BCUT2D eigenvalue weighted by molar-refractivity contribution is -0.152. The summed E-state index contributed by atoms with van der Waals surface area (Å²) < 4.78 is 37.9. The first-order valence-electron chi connectivity index (χ1n) is 7.67. The van der Waals surface area contributed by atoms with Gasteiger partial charge in [-0.1, -0.05) is 30.3 Å². The van der Waals surface area contributed by atoms with Crippen molar-refractivity contribution in [1.29, 1.82) is 0 Å². The Labute approximate surface area is 139 Å². The summed E-state index contributed by atoms with van der Waals surface area (Å²) in [6.45, 7) is 4.26. The summed E-state index contributed by atoms with van der Waals surface area (Å²) in [5.41, 5.74) is -0.129. The SMILES string of the molecule is CC(C)(C)OC(=O)N1C[C@H](F)[C@H](F)[C@@H]1C(=O)OCc1ccccc1. The minimum absolute atomic E-state index is 0.0813. The van der Waals surface area contributed by atoms with Gasteiger partial charge in [0, 0.05) is 0 Å². The van der Waals surface area contributed by atoms with Crippen molar-refractivity contribution < 1.29 is 27.8 Å². The Morgan fingerprint density at radius 1 is 1.21 bits per heavy atom. The summed E-state index contributed by atoms with van der Waals surface area (Å²) in [6, 6.07) is 7.16. The standard InChI is InChI=1S/C17H21F2NO4/c1-17(2,3)24-16(22)20-9-12(18)13(19)14(20)15(21)23-10-11-7-5-4-6-8-11/h4-8,12-14H,9-10H2,1-3H3/t12-,13-,14+/m0/s1. The molecule has 1 heterocycles. The fraction of sp³-hybridized carbons (Fsp3) is 0.529. The van der Waals surface area contributed by atoms with Crippen LogP contribution < -0.4 is 0 Å². The van der Waals surface area contributed by atoms with Crippen molar-refractivity contribution in [1.82, 2.24) is 4.90 Å². The molecule has 1 saturated heterocycles. The van der Waals surface area contributed by atoms with E-state index in [1.807, 2.05) is 0 Å². The largest absolute Gasteiger partial charge is 0.459 e. The van der Waals surface area contributed by atoms with Crippen LogP contribution >= 0.6 is 0 Å². The molecule has 0 unspecified atom stereocenters. The van der Waals surface area contributed by atoms with Crippen LogP contribution in [-0.4, -0.2) is 47.5 Å². The summed E-state index contributed by atoms with van der Waals surface area (Å²) in [4.78, 5) is 25.0. The van der Waals surface area contributed by atoms with Gasteiger partial charge in [0.15, 0.2) is 18.4 Å².